The molecule has 22 heavy (non-hydrogen) atoms. The molecule has 0 radical (unpaired) electrons. The van der Waals surface area contributed by atoms with E-state index in [4.69, 9.17) is 4.74 Å². The predicted octanol–water partition coefficient (Wildman–Crippen LogP) is 5.66. The number of hydrogen-bond donors (Lipinski definition) is 0. The topological polar surface area (TPSA) is 26.3 Å². The lowest BCUT2D eigenvalue weighted by Crippen LogP contribution is -2.26. The van der Waals surface area contributed by atoms with E-state index in [9.17, 15) is 4.79 Å². The first-order valence-electron chi connectivity index (χ1n) is 9.25. The van der Waals surface area contributed by atoms with Crippen molar-refractivity contribution < 1.29 is 9.53 Å². The quantitative estimate of drug-likeness (QED) is 0.496. The first-order chi connectivity index (χ1) is 10.4. The lowest BCUT2D eigenvalue weighted by molar-refractivity contribution is -0.145. The fourth-order valence-corrected chi connectivity index (χ4v) is 4.00. The molecule has 2 saturated carbocycles. The number of carbonyl (C=O) groups is 1. The standard InChI is InChI=1S/C20H34O2/c1-15(19(21)22-18-8-6-5-7-9-18)14-16-10-12-17(13-11-16)20(2,3)4/h14,16-18H,5-13H2,1-4H3. The molecular weight excluding hydrogens is 272 g/mol. The summed E-state index contributed by atoms with van der Waals surface area (Å²) in [7, 11) is 0. The minimum atomic E-state index is -0.0788. The summed E-state index contributed by atoms with van der Waals surface area (Å²) in [5.74, 6) is 1.31. The van der Waals surface area contributed by atoms with Crippen molar-refractivity contribution in [1.82, 2.24) is 0 Å². The van der Waals surface area contributed by atoms with Crippen LogP contribution in [0.5, 0.6) is 0 Å². The maximum atomic E-state index is 12.2. The van der Waals surface area contributed by atoms with Crippen molar-refractivity contribution in [3.05, 3.63) is 11.6 Å². The van der Waals surface area contributed by atoms with E-state index in [1.807, 2.05) is 6.92 Å². The zero-order valence-electron chi connectivity index (χ0n) is 15.0. The summed E-state index contributed by atoms with van der Waals surface area (Å²) in [6, 6.07) is 0. The van der Waals surface area contributed by atoms with Gasteiger partial charge in [-0.3, -0.25) is 0 Å². The average molecular weight is 306 g/mol. The number of ether oxygens (including phenoxy) is 1. The van der Waals surface area contributed by atoms with Gasteiger partial charge in [-0.15, -0.1) is 0 Å². The summed E-state index contributed by atoms with van der Waals surface area (Å²) in [6.07, 6.45) is 13.2. The molecular formula is C20H34O2. The van der Waals surface area contributed by atoms with E-state index >= 15 is 0 Å². The van der Waals surface area contributed by atoms with E-state index in [1.54, 1.807) is 0 Å². The molecule has 2 rings (SSSR count). The number of rotatable bonds is 3. The van der Waals surface area contributed by atoms with Crippen molar-refractivity contribution in [2.75, 3.05) is 0 Å². The molecule has 0 aromatic carbocycles. The Kier molecular flexibility index (Phi) is 6.11. The molecule has 0 unspecified atom stereocenters. The molecule has 0 heterocycles. The van der Waals surface area contributed by atoms with Gasteiger partial charge in [-0.2, -0.15) is 0 Å². The third-order valence-corrected chi connectivity index (χ3v) is 5.63. The first-order valence-corrected chi connectivity index (χ1v) is 9.25. The Morgan fingerprint density at radius 2 is 1.55 bits per heavy atom. The monoisotopic (exact) mass is 306 g/mol. The molecule has 2 aliphatic rings. The molecule has 2 nitrogen and oxygen atoms in total. The van der Waals surface area contributed by atoms with Crippen LogP contribution < -0.4 is 0 Å². The van der Waals surface area contributed by atoms with Crippen LogP contribution in [-0.4, -0.2) is 12.1 Å². The van der Waals surface area contributed by atoms with Crippen LogP contribution in [0.25, 0.3) is 0 Å². The minimum Gasteiger partial charge on any atom is -0.459 e. The fraction of sp³-hybridized carbons (Fsp3) is 0.850. The number of carbonyl (C=O) groups excluding carboxylic acids is 1. The normalized spacial score (nSPS) is 28.5. The maximum absolute atomic E-state index is 12.2. The summed E-state index contributed by atoms with van der Waals surface area (Å²) in [5, 5.41) is 0. The van der Waals surface area contributed by atoms with E-state index in [1.165, 1.54) is 44.9 Å². The van der Waals surface area contributed by atoms with Gasteiger partial charge in [0.1, 0.15) is 6.10 Å². The molecule has 2 fully saturated rings. The lowest BCUT2D eigenvalue weighted by Gasteiger charge is -2.36. The number of hydrogen-bond acceptors (Lipinski definition) is 2. The predicted molar refractivity (Wildman–Crippen MR) is 91.6 cm³/mol. The Labute approximate surface area is 136 Å². The maximum Gasteiger partial charge on any atom is 0.333 e. The first kappa shape index (κ1) is 17.6. The van der Waals surface area contributed by atoms with Crippen LogP contribution in [-0.2, 0) is 9.53 Å². The van der Waals surface area contributed by atoms with E-state index in [-0.39, 0.29) is 12.1 Å². The highest BCUT2D eigenvalue weighted by atomic mass is 16.5. The number of esters is 1. The largest absolute Gasteiger partial charge is 0.459 e. The lowest BCUT2D eigenvalue weighted by atomic mass is 9.69. The van der Waals surface area contributed by atoms with Crippen LogP contribution in [0.1, 0.15) is 85.5 Å². The Hall–Kier alpha value is -0.790. The molecule has 126 valence electrons. The van der Waals surface area contributed by atoms with Gasteiger partial charge in [0.15, 0.2) is 0 Å². The van der Waals surface area contributed by atoms with Crippen LogP contribution in [0.4, 0.5) is 0 Å². The summed E-state index contributed by atoms with van der Waals surface area (Å²) >= 11 is 0. The summed E-state index contributed by atoms with van der Waals surface area (Å²) in [5.41, 5.74) is 1.24. The molecule has 0 bridgehead atoms. The van der Waals surface area contributed by atoms with E-state index in [0.29, 0.717) is 11.3 Å². The summed E-state index contributed by atoms with van der Waals surface area (Å²) < 4.78 is 5.66. The highest BCUT2D eigenvalue weighted by Crippen LogP contribution is 2.40. The summed E-state index contributed by atoms with van der Waals surface area (Å²) in [4.78, 5) is 12.2. The second kappa shape index (κ2) is 7.66. The van der Waals surface area contributed by atoms with Gasteiger partial charge >= 0.3 is 5.97 Å². The van der Waals surface area contributed by atoms with Crippen molar-refractivity contribution in [2.45, 2.75) is 91.6 Å². The van der Waals surface area contributed by atoms with Gasteiger partial charge in [0, 0.05) is 5.57 Å². The van der Waals surface area contributed by atoms with Gasteiger partial charge in [-0.05, 0) is 75.5 Å². The van der Waals surface area contributed by atoms with Gasteiger partial charge in [0.25, 0.3) is 0 Å². The number of allylic oxidation sites excluding steroid dienone is 1. The third kappa shape index (κ3) is 5.14. The molecule has 0 aromatic rings. The molecule has 0 aliphatic heterocycles. The second-order valence-electron chi connectivity index (χ2n) is 8.49. The van der Waals surface area contributed by atoms with Crippen LogP contribution in [0.3, 0.4) is 0 Å². The Bertz CT molecular complexity index is 388. The second-order valence-corrected chi connectivity index (χ2v) is 8.49. The molecule has 0 amide bonds. The third-order valence-electron chi connectivity index (χ3n) is 5.63. The van der Waals surface area contributed by atoms with Gasteiger partial charge in [0.05, 0.1) is 0 Å². The van der Waals surface area contributed by atoms with Gasteiger partial charge < -0.3 is 4.74 Å². The zero-order chi connectivity index (χ0) is 16.2. The van der Waals surface area contributed by atoms with Crippen LogP contribution in [0.2, 0.25) is 0 Å². The average Bonchev–Trinajstić information content (AvgIpc) is 2.48. The van der Waals surface area contributed by atoms with E-state index < -0.39 is 0 Å². The molecule has 0 spiro atoms. The van der Waals surface area contributed by atoms with Crippen molar-refractivity contribution in [1.29, 1.82) is 0 Å². The van der Waals surface area contributed by atoms with Crippen LogP contribution in [0, 0.1) is 17.3 Å². The highest BCUT2D eigenvalue weighted by molar-refractivity contribution is 5.87. The Morgan fingerprint density at radius 1 is 0.955 bits per heavy atom. The highest BCUT2D eigenvalue weighted by Gasteiger charge is 2.29. The van der Waals surface area contributed by atoms with Gasteiger partial charge in [-0.1, -0.05) is 33.3 Å². The minimum absolute atomic E-state index is 0.0788. The fourth-order valence-electron chi connectivity index (χ4n) is 4.00. The molecule has 2 aliphatic carbocycles. The Morgan fingerprint density at radius 3 is 2.09 bits per heavy atom. The van der Waals surface area contributed by atoms with Crippen LogP contribution in [0.15, 0.2) is 11.6 Å². The van der Waals surface area contributed by atoms with Gasteiger partial charge in [0.2, 0.25) is 0 Å². The molecule has 0 atom stereocenters. The van der Waals surface area contributed by atoms with Crippen molar-refractivity contribution >= 4 is 5.97 Å². The SMILES string of the molecule is CC(=CC1CCC(C(C)(C)C)CC1)C(=O)OC1CCCCC1. The van der Waals surface area contributed by atoms with Crippen LogP contribution >= 0.6 is 0 Å². The van der Waals surface area contributed by atoms with Crippen molar-refractivity contribution in [2.24, 2.45) is 17.3 Å². The van der Waals surface area contributed by atoms with Crippen molar-refractivity contribution in [3.8, 4) is 0 Å². The summed E-state index contributed by atoms with van der Waals surface area (Å²) in [6.45, 7) is 8.98. The van der Waals surface area contributed by atoms with Crippen molar-refractivity contribution in [3.63, 3.8) is 0 Å². The zero-order valence-corrected chi connectivity index (χ0v) is 15.0. The van der Waals surface area contributed by atoms with E-state index in [2.05, 4.69) is 26.8 Å². The smallest absolute Gasteiger partial charge is 0.333 e. The van der Waals surface area contributed by atoms with Gasteiger partial charge in [-0.25, -0.2) is 4.79 Å². The molecule has 0 aromatic heterocycles. The molecule has 0 saturated heterocycles. The van der Waals surface area contributed by atoms with E-state index in [0.717, 1.165) is 24.3 Å². The Balaban J connectivity index is 1.80. The molecule has 0 N–H and O–H groups in total. The molecule has 2 heteroatoms.